The van der Waals surface area contributed by atoms with Gasteiger partial charge in [0, 0.05) is 21.5 Å². The average Bonchev–Trinajstić information content (AvgIpc) is 2.84. The third-order valence-electron chi connectivity index (χ3n) is 3.12. The van der Waals surface area contributed by atoms with Crippen LogP contribution in [0.2, 0.25) is 5.02 Å². The summed E-state index contributed by atoms with van der Waals surface area (Å²) in [6, 6.07) is 5.20. The molecule has 0 saturated carbocycles. The standard InChI is InChI=1S/C16H19ClN4O3/c1-4-24-16(23)15-12(8-18-20-14(22)9-21(2)3)11-6-5-10(17)7-13(11)19-15/h5-8,19H,4,9H2,1-3H3,(H,20,22)/b18-8+. The molecule has 0 bridgehead atoms. The Hall–Kier alpha value is -2.38. The summed E-state index contributed by atoms with van der Waals surface area (Å²) in [5, 5.41) is 5.23. The lowest BCUT2D eigenvalue weighted by molar-refractivity contribution is -0.121. The fraction of sp³-hybridized carbons (Fsp3) is 0.312. The van der Waals surface area contributed by atoms with Crippen molar-refractivity contribution in [3.63, 3.8) is 0 Å². The van der Waals surface area contributed by atoms with Crippen molar-refractivity contribution in [2.24, 2.45) is 5.10 Å². The molecule has 0 spiro atoms. The Bertz CT molecular complexity index is 783. The number of halogens is 1. The van der Waals surface area contributed by atoms with Crippen LogP contribution in [-0.2, 0) is 9.53 Å². The number of fused-ring (bicyclic) bond motifs is 1. The van der Waals surface area contributed by atoms with Crippen LogP contribution in [-0.4, -0.2) is 55.2 Å². The van der Waals surface area contributed by atoms with Crippen molar-refractivity contribution in [3.05, 3.63) is 34.5 Å². The molecule has 0 saturated heterocycles. The van der Waals surface area contributed by atoms with Crippen LogP contribution in [0.3, 0.4) is 0 Å². The molecule has 24 heavy (non-hydrogen) atoms. The van der Waals surface area contributed by atoms with Gasteiger partial charge in [-0.3, -0.25) is 4.79 Å². The van der Waals surface area contributed by atoms with Crippen molar-refractivity contribution < 1.29 is 14.3 Å². The van der Waals surface area contributed by atoms with Gasteiger partial charge in [-0.15, -0.1) is 0 Å². The molecule has 128 valence electrons. The Kier molecular flexibility index (Phi) is 5.94. The maximum Gasteiger partial charge on any atom is 0.355 e. The van der Waals surface area contributed by atoms with Gasteiger partial charge in [0.2, 0.25) is 0 Å². The van der Waals surface area contributed by atoms with Gasteiger partial charge < -0.3 is 14.6 Å². The van der Waals surface area contributed by atoms with Crippen molar-refractivity contribution in [1.82, 2.24) is 15.3 Å². The molecule has 1 aromatic carbocycles. The Balaban J connectivity index is 2.33. The van der Waals surface area contributed by atoms with Crippen LogP contribution in [0.1, 0.15) is 23.0 Å². The number of ether oxygens (including phenoxy) is 1. The molecule has 0 fully saturated rings. The predicted octanol–water partition coefficient (Wildman–Crippen LogP) is 2.01. The highest BCUT2D eigenvalue weighted by atomic mass is 35.5. The van der Waals surface area contributed by atoms with E-state index in [4.69, 9.17) is 16.3 Å². The third kappa shape index (κ3) is 4.33. The van der Waals surface area contributed by atoms with E-state index >= 15 is 0 Å². The molecule has 0 aliphatic rings. The van der Waals surface area contributed by atoms with Crippen LogP contribution in [0.5, 0.6) is 0 Å². The third-order valence-corrected chi connectivity index (χ3v) is 3.36. The highest BCUT2D eigenvalue weighted by Crippen LogP contribution is 2.24. The number of aromatic nitrogens is 1. The highest BCUT2D eigenvalue weighted by molar-refractivity contribution is 6.31. The van der Waals surface area contributed by atoms with Crippen molar-refractivity contribution in [2.75, 3.05) is 27.2 Å². The lowest BCUT2D eigenvalue weighted by atomic mass is 10.1. The first kappa shape index (κ1) is 18.0. The second kappa shape index (κ2) is 7.94. The zero-order valence-corrected chi connectivity index (χ0v) is 14.5. The van der Waals surface area contributed by atoms with Gasteiger partial charge >= 0.3 is 5.97 Å². The van der Waals surface area contributed by atoms with Gasteiger partial charge in [0.25, 0.3) is 5.91 Å². The van der Waals surface area contributed by atoms with Gasteiger partial charge in [-0.25, -0.2) is 10.2 Å². The topological polar surface area (TPSA) is 86.8 Å². The van der Waals surface area contributed by atoms with Crippen LogP contribution in [0.4, 0.5) is 0 Å². The fourth-order valence-electron chi connectivity index (χ4n) is 2.18. The number of hydrogen-bond acceptors (Lipinski definition) is 5. The van der Waals surface area contributed by atoms with Gasteiger partial charge in [0.15, 0.2) is 0 Å². The molecule has 0 radical (unpaired) electrons. The summed E-state index contributed by atoms with van der Waals surface area (Å²) < 4.78 is 5.05. The Labute approximate surface area is 144 Å². The molecular weight excluding hydrogens is 332 g/mol. The molecule has 1 amide bonds. The number of nitrogens with zero attached hydrogens (tertiary/aromatic N) is 2. The zero-order valence-electron chi connectivity index (χ0n) is 13.7. The number of aromatic amines is 1. The van der Waals surface area contributed by atoms with E-state index in [1.807, 2.05) is 0 Å². The summed E-state index contributed by atoms with van der Waals surface area (Å²) >= 11 is 5.98. The summed E-state index contributed by atoms with van der Waals surface area (Å²) in [5.74, 6) is -0.747. The lowest BCUT2D eigenvalue weighted by Crippen LogP contribution is -2.30. The van der Waals surface area contributed by atoms with Crippen LogP contribution in [0.15, 0.2) is 23.3 Å². The van der Waals surface area contributed by atoms with Crippen LogP contribution >= 0.6 is 11.6 Å². The van der Waals surface area contributed by atoms with E-state index in [0.29, 0.717) is 16.1 Å². The maximum atomic E-state index is 12.1. The van der Waals surface area contributed by atoms with Crippen molar-refractivity contribution >= 4 is 40.6 Å². The number of likely N-dealkylation sites (N-methyl/N-ethyl adjacent to an activating group) is 1. The largest absolute Gasteiger partial charge is 0.461 e. The second-order valence-corrected chi connectivity index (χ2v) is 5.79. The van der Waals surface area contributed by atoms with Crippen molar-refractivity contribution in [1.29, 1.82) is 0 Å². The number of amides is 1. The number of H-pyrrole nitrogens is 1. The zero-order chi connectivity index (χ0) is 17.7. The normalized spacial score (nSPS) is 11.4. The van der Waals surface area contributed by atoms with E-state index in [0.717, 1.165) is 5.39 Å². The smallest absolute Gasteiger partial charge is 0.355 e. The maximum absolute atomic E-state index is 12.1. The number of benzene rings is 1. The summed E-state index contributed by atoms with van der Waals surface area (Å²) in [6.45, 7) is 2.20. The van der Waals surface area contributed by atoms with E-state index in [1.54, 1.807) is 44.1 Å². The number of esters is 1. The molecular formula is C16H19ClN4O3. The van der Waals surface area contributed by atoms with E-state index in [9.17, 15) is 9.59 Å². The lowest BCUT2D eigenvalue weighted by Gasteiger charge is -2.06. The molecule has 0 aliphatic heterocycles. The Morgan fingerprint density at radius 3 is 2.83 bits per heavy atom. The number of carbonyl (C=O) groups excluding carboxylic acids is 2. The summed E-state index contributed by atoms with van der Waals surface area (Å²) in [6.07, 6.45) is 1.42. The molecule has 8 heteroatoms. The minimum atomic E-state index is -0.495. The van der Waals surface area contributed by atoms with Gasteiger partial charge in [0.05, 0.1) is 19.4 Å². The van der Waals surface area contributed by atoms with Crippen LogP contribution in [0, 0.1) is 0 Å². The molecule has 0 aliphatic carbocycles. The molecule has 1 heterocycles. The van der Waals surface area contributed by atoms with Gasteiger partial charge in [-0.1, -0.05) is 17.7 Å². The number of hydrazone groups is 1. The first-order chi connectivity index (χ1) is 11.4. The molecule has 2 N–H and O–H groups in total. The van der Waals surface area contributed by atoms with E-state index in [-0.39, 0.29) is 24.8 Å². The molecule has 2 aromatic rings. The number of carbonyl (C=O) groups is 2. The monoisotopic (exact) mass is 350 g/mol. The van der Waals surface area contributed by atoms with Gasteiger partial charge in [-0.05, 0) is 33.2 Å². The number of nitrogens with one attached hydrogen (secondary N) is 2. The fourth-order valence-corrected chi connectivity index (χ4v) is 2.35. The minimum Gasteiger partial charge on any atom is -0.461 e. The molecule has 1 aromatic heterocycles. The first-order valence-corrected chi connectivity index (χ1v) is 7.75. The number of hydrogen-bond donors (Lipinski definition) is 2. The average molecular weight is 351 g/mol. The Morgan fingerprint density at radius 2 is 2.17 bits per heavy atom. The first-order valence-electron chi connectivity index (χ1n) is 7.37. The number of rotatable bonds is 6. The Morgan fingerprint density at radius 1 is 1.42 bits per heavy atom. The second-order valence-electron chi connectivity index (χ2n) is 5.36. The van der Waals surface area contributed by atoms with Gasteiger partial charge in [0.1, 0.15) is 5.69 Å². The molecule has 0 unspecified atom stereocenters. The van der Waals surface area contributed by atoms with Crippen molar-refractivity contribution in [2.45, 2.75) is 6.92 Å². The summed E-state index contributed by atoms with van der Waals surface area (Å²) in [7, 11) is 3.57. The summed E-state index contributed by atoms with van der Waals surface area (Å²) in [4.78, 5) is 28.5. The van der Waals surface area contributed by atoms with Crippen LogP contribution < -0.4 is 5.43 Å². The van der Waals surface area contributed by atoms with Crippen molar-refractivity contribution in [3.8, 4) is 0 Å². The van der Waals surface area contributed by atoms with Crippen LogP contribution in [0.25, 0.3) is 10.9 Å². The van der Waals surface area contributed by atoms with E-state index in [1.165, 1.54) is 6.21 Å². The minimum absolute atomic E-state index is 0.214. The highest BCUT2D eigenvalue weighted by Gasteiger charge is 2.18. The SMILES string of the molecule is CCOC(=O)c1[nH]c2cc(Cl)ccc2c1/C=N/NC(=O)CN(C)C. The summed E-state index contributed by atoms with van der Waals surface area (Å²) in [5.41, 5.74) is 3.91. The van der Waals surface area contributed by atoms with E-state index in [2.05, 4.69) is 15.5 Å². The molecule has 7 nitrogen and oxygen atoms in total. The van der Waals surface area contributed by atoms with Gasteiger partial charge in [-0.2, -0.15) is 5.10 Å². The molecule has 0 atom stereocenters. The quantitative estimate of drug-likeness (QED) is 0.474. The predicted molar refractivity (Wildman–Crippen MR) is 93.6 cm³/mol. The van der Waals surface area contributed by atoms with E-state index < -0.39 is 5.97 Å². The molecule has 2 rings (SSSR count).